The summed E-state index contributed by atoms with van der Waals surface area (Å²) >= 11 is 12.1. The summed E-state index contributed by atoms with van der Waals surface area (Å²) in [6.07, 6.45) is 3.12. The van der Waals surface area contributed by atoms with Crippen LogP contribution in [0, 0.1) is 0 Å². The molecule has 0 radical (unpaired) electrons. The molecule has 0 amide bonds. The third-order valence-corrected chi connectivity index (χ3v) is 5.78. The van der Waals surface area contributed by atoms with Crippen LogP contribution in [0.3, 0.4) is 0 Å². The molecule has 0 spiro atoms. The van der Waals surface area contributed by atoms with Crippen molar-refractivity contribution in [2.75, 3.05) is 6.61 Å². The molecule has 0 N–H and O–H groups in total. The molecule has 126 valence electrons. The summed E-state index contributed by atoms with van der Waals surface area (Å²) in [7, 11) is -3.70. The quantitative estimate of drug-likeness (QED) is 0.489. The van der Waals surface area contributed by atoms with E-state index in [-0.39, 0.29) is 16.4 Å². The Morgan fingerprint density at radius 2 is 1.62 bits per heavy atom. The lowest BCUT2D eigenvalue weighted by Gasteiger charge is -2.10. The maximum Gasteiger partial charge on any atom is 0.206 e. The molecule has 0 heterocycles. The maximum absolute atomic E-state index is 12.8. The molecule has 2 aromatic carbocycles. The summed E-state index contributed by atoms with van der Waals surface area (Å²) in [6.45, 7) is 7.75. The maximum atomic E-state index is 12.8. The molecule has 0 aromatic heterocycles. The van der Waals surface area contributed by atoms with Gasteiger partial charge in [0.2, 0.25) is 9.84 Å². The van der Waals surface area contributed by atoms with E-state index in [1.54, 1.807) is 12.1 Å². The molecule has 2 rings (SSSR count). The molecule has 6 heteroatoms. The third kappa shape index (κ3) is 4.08. The van der Waals surface area contributed by atoms with Crippen LogP contribution in [0.25, 0.3) is 6.08 Å². The van der Waals surface area contributed by atoms with Gasteiger partial charge in [-0.15, -0.1) is 6.58 Å². The first-order valence-corrected chi connectivity index (χ1v) is 9.28. The van der Waals surface area contributed by atoms with Crippen LogP contribution in [0.15, 0.2) is 65.4 Å². The second-order valence-electron chi connectivity index (χ2n) is 4.95. The van der Waals surface area contributed by atoms with Gasteiger partial charge in [0.1, 0.15) is 0 Å². The van der Waals surface area contributed by atoms with E-state index in [4.69, 9.17) is 27.9 Å². The molecule has 3 nitrogen and oxygen atoms in total. The Hall–Kier alpha value is -1.59. The number of halogens is 2. The fourth-order valence-electron chi connectivity index (χ4n) is 2.06. The standard InChI is InChI=1S/C18H16Cl2O3S/c1-3-9-23-12-14-11-16(6-8-18(14)20)24(21,22)15-5-7-17(19)13(4-2)10-15/h3-8,10-11H,1-2,9,12H2. The lowest BCUT2D eigenvalue weighted by Crippen LogP contribution is -2.04. The Balaban J connectivity index is 2.44. The van der Waals surface area contributed by atoms with E-state index in [0.717, 1.165) is 0 Å². The van der Waals surface area contributed by atoms with Crippen molar-refractivity contribution in [1.82, 2.24) is 0 Å². The fraction of sp³-hybridized carbons (Fsp3) is 0.111. The third-order valence-electron chi connectivity index (χ3n) is 3.32. The van der Waals surface area contributed by atoms with Crippen molar-refractivity contribution in [3.8, 4) is 0 Å². The molecule has 0 aliphatic carbocycles. The zero-order valence-electron chi connectivity index (χ0n) is 12.8. The van der Waals surface area contributed by atoms with Crippen molar-refractivity contribution in [2.24, 2.45) is 0 Å². The number of hydrogen-bond acceptors (Lipinski definition) is 3. The molecule has 0 atom stereocenters. The van der Waals surface area contributed by atoms with E-state index in [1.165, 1.54) is 36.4 Å². The van der Waals surface area contributed by atoms with Gasteiger partial charge in [0.25, 0.3) is 0 Å². The monoisotopic (exact) mass is 382 g/mol. The molecule has 0 aliphatic rings. The largest absolute Gasteiger partial charge is 0.373 e. The Kier molecular flexibility index (Phi) is 6.24. The zero-order chi connectivity index (χ0) is 17.7. The Morgan fingerprint density at radius 3 is 2.25 bits per heavy atom. The van der Waals surface area contributed by atoms with Crippen LogP contribution < -0.4 is 0 Å². The van der Waals surface area contributed by atoms with Crippen LogP contribution in [0.1, 0.15) is 11.1 Å². The average Bonchev–Trinajstić information content (AvgIpc) is 2.56. The van der Waals surface area contributed by atoms with Crippen LogP contribution in [0.2, 0.25) is 10.0 Å². The van der Waals surface area contributed by atoms with Crippen molar-refractivity contribution in [2.45, 2.75) is 16.4 Å². The molecular formula is C18H16Cl2O3S. The number of sulfone groups is 1. The van der Waals surface area contributed by atoms with Gasteiger partial charge in [0.05, 0.1) is 23.0 Å². The Morgan fingerprint density at radius 1 is 1.00 bits per heavy atom. The van der Waals surface area contributed by atoms with E-state index < -0.39 is 9.84 Å². The van der Waals surface area contributed by atoms with E-state index in [9.17, 15) is 8.42 Å². The minimum absolute atomic E-state index is 0.140. The number of ether oxygens (including phenoxy) is 1. The van der Waals surface area contributed by atoms with Gasteiger partial charge < -0.3 is 4.74 Å². The van der Waals surface area contributed by atoms with E-state index in [0.29, 0.717) is 27.8 Å². The molecule has 0 saturated carbocycles. The SMILES string of the molecule is C=CCOCc1cc(S(=O)(=O)c2ccc(Cl)c(C=C)c2)ccc1Cl. The van der Waals surface area contributed by atoms with Crippen molar-refractivity contribution in [1.29, 1.82) is 0 Å². The van der Waals surface area contributed by atoms with Gasteiger partial charge >= 0.3 is 0 Å². The Labute approximate surface area is 152 Å². The average molecular weight is 383 g/mol. The molecule has 24 heavy (non-hydrogen) atoms. The van der Waals surface area contributed by atoms with E-state index in [1.807, 2.05) is 0 Å². The highest BCUT2D eigenvalue weighted by atomic mass is 35.5. The predicted octanol–water partition coefficient (Wildman–Crippen LogP) is 5.17. The summed E-state index contributed by atoms with van der Waals surface area (Å²) in [4.78, 5) is 0.281. The summed E-state index contributed by atoms with van der Waals surface area (Å²) < 4.78 is 31.0. The Bertz CT molecular complexity index is 874. The number of benzene rings is 2. The number of rotatable bonds is 7. The minimum atomic E-state index is -3.70. The van der Waals surface area contributed by atoms with Gasteiger partial charge in [0, 0.05) is 10.0 Å². The minimum Gasteiger partial charge on any atom is -0.373 e. The summed E-state index contributed by atoms with van der Waals surface area (Å²) in [5, 5.41) is 0.888. The van der Waals surface area contributed by atoms with E-state index in [2.05, 4.69) is 13.2 Å². The first-order valence-electron chi connectivity index (χ1n) is 7.04. The second-order valence-corrected chi connectivity index (χ2v) is 7.71. The van der Waals surface area contributed by atoms with E-state index >= 15 is 0 Å². The van der Waals surface area contributed by atoms with Crippen LogP contribution in [-0.2, 0) is 21.2 Å². The lowest BCUT2D eigenvalue weighted by atomic mass is 10.2. The molecule has 0 unspecified atom stereocenters. The lowest BCUT2D eigenvalue weighted by molar-refractivity contribution is 0.149. The highest BCUT2D eigenvalue weighted by Gasteiger charge is 2.20. The van der Waals surface area contributed by atoms with Gasteiger partial charge in [-0.25, -0.2) is 8.42 Å². The number of hydrogen-bond donors (Lipinski definition) is 0. The predicted molar refractivity (Wildman–Crippen MR) is 98.3 cm³/mol. The van der Waals surface area contributed by atoms with Crippen LogP contribution in [0.5, 0.6) is 0 Å². The summed E-state index contributed by atoms with van der Waals surface area (Å²) in [5.74, 6) is 0. The molecule has 0 fully saturated rings. The molecule has 0 aliphatic heterocycles. The highest BCUT2D eigenvalue weighted by Crippen LogP contribution is 2.28. The van der Waals surface area contributed by atoms with Gasteiger partial charge in [-0.05, 0) is 47.5 Å². The summed E-state index contributed by atoms with van der Waals surface area (Å²) in [5.41, 5.74) is 1.15. The highest BCUT2D eigenvalue weighted by molar-refractivity contribution is 7.91. The van der Waals surface area contributed by atoms with Gasteiger partial charge in [-0.3, -0.25) is 0 Å². The van der Waals surface area contributed by atoms with Crippen LogP contribution in [0.4, 0.5) is 0 Å². The first-order chi connectivity index (χ1) is 11.4. The molecule has 0 saturated heterocycles. The van der Waals surface area contributed by atoms with Crippen molar-refractivity contribution in [3.63, 3.8) is 0 Å². The smallest absolute Gasteiger partial charge is 0.206 e. The topological polar surface area (TPSA) is 43.4 Å². The molecule has 0 bridgehead atoms. The zero-order valence-corrected chi connectivity index (χ0v) is 15.2. The normalized spacial score (nSPS) is 11.2. The van der Waals surface area contributed by atoms with Crippen LogP contribution >= 0.6 is 23.2 Å². The molecule has 2 aromatic rings. The van der Waals surface area contributed by atoms with Gasteiger partial charge in [-0.1, -0.05) is 41.9 Å². The van der Waals surface area contributed by atoms with Crippen LogP contribution in [-0.4, -0.2) is 15.0 Å². The fourth-order valence-corrected chi connectivity index (χ4v) is 3.78. The van der Waals surface area contributed by atoms with Gasteiger partial charge in [0.15, 0.2) is 0 Å². The van der Waals surface area contributed by atoms with Gasteiger partial charge in [-0.2, -0.15) is 0 Å². The molecular weight excluding hydrogens is 367 g/mol. The van der Waals surface area contributed by atoms with Crippen molar-refractivity contribution < 1.29 is 13.2 Å². The summed E-state index contributed by atoms with van der Waals surface area (Å²) in [6, 6.07) is 9.03. The first kappa shape index (κ1) is 18.7. The van der Waals surface area contributed by atoms with Crippen molar-refractivity contribution >= 4 is 39.1 Å². The van der Waals surface area contributed by atoms with Crippen molar-refractivity contribution in [3.05, 3.63) is 76.8 Å². The second kappa shape index (κ2) is 7.99.